The molecule has 3 N–H and O–H groups in total. The quantitative estimate of drug-likeness (QED) is 0.131. The van der Waals surface area contributed by atoms with E-state index in [-0.39, 0.29) is 28.3 Å². The number of halogens is 3. The van der Waals surface area contributed by atoms with E-state index in [2.05, 4.69) is 20.1 Å². The number of anilines is 2. The third-order valence-corrected chi connectivity index (χ3v) is 9.28. The first-order valence-electron chi connectivity index (χ1n) is 14.0. The van der Waals surface area contributed by atoms with Crippen LogP contribution in [0.5, 0.6) is 5.75 Å². The number of aromatic hydroxyl groups is 1. The minimum atomic E-state index is -4.27. The number of para-hydroxylation sites is 2. The van der Waals surface area contributed by atoms with E-state index in [1.54, 1.807) is 54.7 Å². The van der Waals surface area contributed by atoms with E-state index in [0.29, 0.717) is 43.2 Å². The normalized spacial score (nSPS) is 11.6. The zero-order chi connectivity index (χ0) is 33.1. The first-order valence-corrected chi connectivity index (χ1v) is 16.7. The third kappa shape index (κ3) is 7.26. The lowest BCUT2D eigenvalue weighted by Crippen LogP contribution is -2.36. The number of aromatic nitrogens is 2. The molecule has 0 saturated carbocycles. The summed E-state index contributed by atoms with van der Waals surface area (Å²) >= 11 is 19.0. The van der Waals surface area contributed by atoms with Gasteiger partial charge in [0, 0.05) is 23.3 Å². The molecule has 1 aromatic heterocycles. The highest BCUT2D eigenvalue weighted by Crippen LogP contribution is 2.34. The van der Waals surface area contributed by atoms with E-state index >= 15 is 0 Å². The van der Waals surface area contributed by atoms with Crippen molar-refractivity contribution in [3.05, 3.63) is 152 Å². The summed E-state index contributed by atoms with van der Waals surface area (Å²) in [6, 6.07) is 29.3. The molecule has 0 atom stereocenters. The van der Waals surface area contributed by atoms with Crippen LogP contribution in [-0.2, 0) is 16.4 Å². The van der Waals surface area contributed by atoms with Crippen LogP contribution in [0.2, 0.25) is 15.1 Å². The van der Waals surface area contributed by atoms with Gasteiger partial charge in [0.25, 0.3) is 15.6 Å². The summed E-state index contributed by atoms with van der Waals surface area (Å²) in [4.78, 5) is 25.1. The van der Waals surface area contributed by atoms with Crippen molar-refractivity contribution >= 4 is 79.0 Å². The fraction of sp³-hybridized carbons (Fsp3) is 0.0294. The van der Waals surface area contributed by atoms with E-state index in [1.807, 2.05) is 24.3 Å². The fourth-order valence-electron chi connectivity index (χ4n) is 4.73. The first kappa shape index (κ1) is 32.1. The zero-order valence-corrected chi connectivity index (χ0v) is 27.3. The van der Waals surface area contributed by atoms with Gasteiger partial charge >= 0.3 is 0 Å². The topological polar surface area (TPSA) is 126 Å². The van der Waals surface area contributed by atoms with Crippen LogP contribution in [0.4, 0.5) is 17.1 Å². The molecule has 0 bridgehead atoms. The van der Waals surface area contributed by atoms with Crippen LogP contribution in [0, 0.1) is 0 Å². The number of rotatable bonds is 9. The first-order chi connectivity index (χ1) is 22.6. The minimum absolute atomic E-state index is 0.0381. The van der Waals surface area contributed by atoms with E-state index in [9.17, 15) is 18.3 Å². The molecular weight excluding hydrogens is 681 g/mol. The van der Waals surface area contributed by atoms with Crippen molar-refractivity contribution in [1.82, 2.24) is 9.66 Å². The number of hydrogen-bond acceptors (Lipinski definition) is 7. The smallest absolute Gasteiger partial charge is 0.280 e. The van der Waals surface area contributed by atoms with E-state index in [0.717, 1.165) is 10.2 Å². The Morgan fingerprint density at radius 2 is 1.55 bits per heavy atom. The molecule has 0 radical (unpaired) electrons. The van der Waals surface area contributed by atoms with Crippen molar-refractivity contribution in [3.8, 4) is 5.75 Å². The molecule has 0 aliphatic rings. The van der Waals surface area contributed by atoms with E-state index in [1.165, 1.54) is 36.4 Å². The molecule has 236 valence electrons. The fourth-order valence-corrected chi connectivity index (χ4v) is 6.42. The average Bonchev–Trinajstić information content (AvgIpc) is 3.05. The molecule has 0 spiro atoms. The molecule has 0 aliphatic heterocycles. The third-order valence-electron chi connectivity index (χ3n) is 7.10. The van der Waals surface area contributed by atoms with E-state index in [4.69, 9.17) is 34.8 Å². The number of nitrogens with zero attached hydrogens (tertiary/aromatic N) is 3. The van der Waals surface area contributed by atoms with Gasteiger partial charge in [0.05, 0.1) is 37.2 Å². The van der Waals surface area contributed by atoms with Gasteiger partial charge in [-0.05, 0) is 96.1 Å². The molecule has 0 unspecified atom stereocenters. The van der Waals surface area contributed by atoms with Crippen molar-refractivity contribution in [2.45, 2.75) is 11.3 Å². The minimum Gasteiger partial charge on any atom is -0.508 e. The zero-order valence-electron chi connectivity index (χ0n) is 24.2. The van der Waals surface area contributed by atoms with Crippen molar-refractivity contribution in [2.24, 2.45) is 4.99 Å². The van der Waals surface area contributed by atoms with Crippen LogP contribution in [0.25, 0.3) is 10.9 Å². The summed E-state index contributed by atoms with van der Waals surface area (Å²) in [7, 11) is -4.27. The number of benzene rings is 5. The molecule has 0 aliphatic carbocycles. The molecular formula is C34H24Cl3N5O4S. The second-order valence-corrected chi connectivity index (χ2v) is 13.2. The van der Waals surface area contributed by atoms with Crippen LogP contribution in [0.15, 0.2) is 124 Å². The number of nitrogens with one attached hydrogen (secondary N) is 2. The summed E-state index contributed by atoms with van der Waals surface area (Å²) < 4.78 is 28.2. The Kier molecular flexibility index (Phi) is 9.19. The standard InChI is InChI=1S/C34H24Cl3N5O4S/c35-23-10-17-27-31(19-23)39-32(18-22-4-1-2-7-30(22)40-33-28(36)5-3-6-29(33)37)42(34(27)44)41-47(45,46)26-15-11-24(12-16-26)38-20-21-8-13-25(43)14-9-21/h1-17,19-20,40-41,43H,18H2. The highest BCUT2D eigenvalue weighted by Gasteiger charge is 2.21. The summed E-state index contributed by atoms with van der Waals surface area (Å²) in [5.74, 6) is 0.253. The van der Waals surface area contributed by atoms with Crippen molar-refractivity contribution in [2.75, 3.05) is 10.1 Å². The van der Waals surface area contributed by atoms with Gasteiger partial charge in [-0.1, -0.05) is 59.1 Å². The van der Waals surface area contributed by atoms with Gasteiger partial charge in [0.1, 0.15) is 11.6 Å². The number of phenolic OH excluding ortho intramolecular Hbond substituents is 1. The molecule has 5 aromatic carbocycles. The summed E-state index contributed by atoms with van der Waals surface area (Å²) in [6.45, 7) is 0. The molecule has 0 amide bonds. The van der Waals surface area contributed by atoms with Gasteiger partial charge in [-0.2, -0.15) is 13.1 Å². The number of aliphatic imine (C=N–C) groups is 1. The Morgan fingerprint density at radius 1 is 0.851 bits per heavy atom. The maximum atomic E-state index is 13.8. The van der Waals surface area contributed by atoms with Crippen molar-refractivity contribution in [1.29, 1.82) is 0 Å². The second-order valence-electron chi connectivity index (χ2n) is 10.3. The molecule has 0 saturated heterocycles. The summed E-state index contributed by atoms with van der Waals surface area (Å²) in [6.07, 6.45) is 1.63. The predicted molar refractivity (Wildman–Crippen MR) is 188 cm³/mol. The van der Waals surface area contributed by atoms with E-state index < -0.39 is 15.6 Å². The molecule has 6 rings (SSSR count). The van der Waals surface area contributed by atoms with Gasteiger partial charge < -0.3 is 10.4 Å². The highest BCUT2D eigenvalue weighted by molar-refractivity contribution is 7.92. The Morgan fingerprint density at radius 3 is 2.28 bits per heavy atom. The second kappa shape index (κ2) is 13.5. The van der Waals surface area contributed by atoms with Crippen LogP contribution in [-0.4, -0.2) is 29.4 Å². The Balaban J connectivity index is 1.35. The average molecular weight is 705 g/mol. The monoisotopic (exact) mass is 703 g/mol. The highest BCUT2D eigenvalue weighted by atomic mass is 35.5. The van der Waals surface area contributed by atoms with Gasteiger partial charge in [-0.15, -0.1) is 0 Å². The number of fused-ring (bicyclic) bond motifs is 1. The Labute approximate surface area is 284 Å². The number of phenols is 1. The SMILES string of the molecule is O=c1c2ccc(Cl)cc2nc(Cc2ccccc2Nc2c(Cl)cccc2Cl)n1NS(=O)(=O)c1ccc(N=Cc2ccc(O)cc2)cc1. The molecule has 13 heteroatoms. The molecule has 9 nitrogen and oxygen atoms in total. The largest absolute Gasteiger partial charge is 0.508 e. The number of hydrogen-bond donors (Lipinski definition) is 3. The van der Waals surface area contributed by atoms with Crippen molar-refractivity contribution < 1.29 is 13.5 Å². The summed E-state index contributed by atoms with van der Waals surface area (Å²) in [5, 5.41) is 14.1. The Hall–Kier alpha value is -4.87. The lowest BCUT2D eigenvalue weighted by atomic mass is 10.1. The molecule has 0 fully saturated rings. The van der Waals surface area contributed by atoms with Crippen LogP contribution in [0.3, 0.4) is 0 Å². The van der Waals surface area contributed by atoms with Gasteiger partial charge in [0.15, 0.2) is 0 Å². The lowest BCUT2D eigenvalue weighted by Gasteiger charge is -2.18. The molecule has 47 heavy (non-hydrogen) atoms. The van der Waals surface area contributed by atoms with Gasteiger partial charge in [0.2, 0.25) is 0 Å². The van der Waals surface area contributed by atoms with Gasteiger partial charge in [-0.25, -0.2) is 9.82 Å². The molecule has 1 heterocycles. The molecule has 6 aromatic rings. The maximum Gasteiger partial charge on any atom is 0.280 e. The van der Waals surface area contributed by atoms with Crippen LogP contribution in [0.1, 0.15) is 17.0 Å². The lowest BCUT2D eigenvalue weighted by molar-refractivity contribution is 0.475. The van der Waals surface area contributed by atoms with Crippen LogP contribution < -0.4 is 15.7 Å². The van der Waals surface area contributed by atoms with Crippen molar-refractivity contribution in [3.63, 3.8) is 0 Å². The summed E-state index contributed by atoms with van der Waals surface area (Å²) in [5.41, 5.74) is 2.74. The number of sulfonamides is 1. The predicted octanol–water partition coefficient (Wildman–Crippen LogP) is 8.08. The Bertz CT molecular complexity index is 2290. The van der Waals surface area contributed by atoms with Gasteiger partial charge in [-0.3, -0.25) is 9.79 Å². The maximum absolute atomic E-state index is 13.8. The van der Waals surface area contributed by atoms with Crippen LogP contribution >= 0.6 is 34.8 Å².